The van der Waals surface area contributed by atoms with Gasteiger partial charge in [-0.1, -0.05) is 40.9 Å². The molecule has 2 aromatic carbocycles. The molecule has 2 aromatic rings. The maximum Gasteiger partial charge on any atom is 0.180 e. The number of rotatable bonds is 11. The number of benzene rings is 2. The first-order valence-corrected chi connectivity index (χ1v) is 9.64. The van der Waals surface area contributed by atoms with Crippen molar-refractivity contribution in [1.82, 2.24) is 10.6 Å². The van der Waals surface area contributed by atoms with Crippen molar-refractivity contribution in [3.8, 4) is 11.5 Å². The molecule has 0 atom stereocenters. The number of aliphatic hydroxyl groups excluding tert-OH is 1. The van der Waals surface area contributed by atoms with Crippen molar-refractivity contribution >= 4 is 34.8 Å². The minimum atomic E-state index is 0.134. The van der Waals surface area contributed by atoms with Crippen LogP contribution in [-0.2, 0) is 13.2 Å². The average molecular weight is 434 g/mol. The molecule has 0 amide bonds. The smallest absolute Gasteiger partial charge is 0.180 e. The molecule has 0 radical (unpaired) electrons. The van der Waals surface area contributed by atoms with E-state index in [4.69, 9.17) is 49.4 Å². The third-order valence-electron chi connectivity index (χ3n) is 3.77. The molecule has 0 unspecified atom stereocenters. The van der Waals surface area contributed by atoms with Crippen molar-refractivity contribution in [2.75, 3.05) is 33.4 Å². The predicted octanol–water partition coefficient (Wildman–Crippen LogP) is 3.91. The zero-order chi connectivity index (χ0) is 19.6. The molecule has 148 valence electrons. The first kappa shape index (κ1) is 22.1. The minimum absolute atomic E-state index is 0.134. The molecule has 0 spiro atoms. The van der Waals surface area contributed by atoms with Gasteiger partial charge in [-0.05, 0) is 29.8 Å². The maximum atomic E-state index is 8.72. The molecule has 0 fully saturated rings. The van der Waals surface area contributed by atoms with Crippen LogP contribution in [0, 0.1) is 0 Å². The van der Waals surface area contributed by atoms with E-state index >= 15 is 0 Å². The molecule has 5 nitrogen and oxygen atoms in total. The molecule has 0 heterocycles. The van der Waals surface area contributed by atoms with E-state index in [9.17, 15) is 0 Å². The van der Waals surface area contributed by atoms with E-state index in [1.54, 1.807) is 19.2 Å². The van der Waals surface area contributed by atoms with E-state index in [2.05, 4.69) is 10.6 Å². The zero-order valence-electron chi connectivity index (χ0n) is 15.0. The lowest BCUT2D eigenvalue weighted by Crippen LogP contribution is -2.28. The summed E-state index contributed by atoms with van der Waals surface area (Å²) in [5.74, 6) is 1.03. The van der Waals surface area contributed by atoms with Crippen LogP contribution in [0.15, 0.2) is 30.3 Å². The van der Waals surface area contributed by atoms with Gasteiger partial charge in [0.2, 0.25) is 0 Å². The van der Waals surface area contributed by atoms with Crippen molar-refractivity contribution in [3.63, 3.8) is 0 Å². The molecule has 0 aliphatic rings. The summed E-state index contributed by atoms with van der Waals surface area (Å²) in [5.41, 5.74) is 1.79. The summed E-state index contributed by atoms with van der Waals surface area (Å²) in [6, 6.07) is 8.98. The summed E-state index contributed by atoms with van der Waals surface area (Å²) >= 11 is 18.5. The molecule has 0 aromatic heterocycles. The topological polar surface area (TPSA) is 62.8 Å². The van der Waals surface area contributed by atoms with Gasteiger partial charge in [-0.3, -0.25) is 0 Å². The van der Waals surface area contributed by atoms with E-state index in [0.717, 1.165) is 24.2 Å². The fourth-order valence-corrected chi connectivity index (χ4v) is 3.17. The highest BCUT2D eigenvalue weighted by atomic mass is 35.5. The number of ether oxygens (including phenoxy) is 2. The van der Waals surface area contributed by atoms with Gasteiger partial charge >= 0.3 is 0 Å². The van der Waals surface area contributed by atoms with E-state index in [-0.39, 0.29) is 13.2 Å². The second-order valence-corrected chi connectivity index (χ2v) is 7.03. The van der Waals surface area contributed by atoms with E-state index < -0.39 is 0 Å². The van der Waals surface area contributed by atoms with E-state index in [1.807, 2.05) is 18.2 Å². The fraction of sp³-hybridized carbons (Fsp3) is 0.368. The van der Waals surface area contributed by atoms with Crippen LogP contribution >= 0.6 is 34.8 Å². The van der Waals surface area contributed by atoms with Crippen LogP contribution in [-0.4, -0.2) is 38.5 Å². The van der Waals surface area contributed by atoms with Crippen LogP contribution in [0.1, 0.15) is 11.1 Å². The first-order chi connectivity index (χ1) is 13.0. The number of methoxy groups -OCH3 is 1. The molecule has 2 rings (SSSR count). The van der Waals surface area contributed by atoms with Gasteiger partial charge in [0.1, 0.15) is 6.61 Å². The van der Waals surface area contributed by atoms with E-state index in [1.165, 1.54) is 0 Å². The summed E-state index contributed by atoms with van der Waals surface area (Å²) in [5, 5.41) is 16.7. The largest absolute Gasteiger partial charge is 0.493 e. The second kappa shape index (κ2) is 11.6. The normalized spacial score (nSPS) is 10.9. The molecule has 27 heavy (non-hydrogen) atoms. The Bertz CT molecular complexity index is 744. The highest BCUT2D eigenvalue weighted by Crippen LogP contribution is 2.37. The number of hydrogen-bond donors (Lipinski definition) is 3. The number of hydrogen-bond acceptors (Lipinski definition) is 5. The monoisotopic (exact) mass is 432 g/mol. The quantitative estimate of drug-likeness (QED) is 0.469. The number of nitrogens with one attached hydrogen (secondary N) is 2. The first-order valence-electron chi connectivity index (χ1n) is 8.50. The number of aliphatic hydroxyl groups is 1. The molecule has 3 N–H and O–H groups in total. The van der Waals surface area contributed by atoms with Gasteiger partial charge in [0.05, 0.1) is 18.7 Å². The lowest BCUT2D eigenvalue weighted by atomic mass is 10.2. The van der Waals surface area contributed by atoms with Crippen LogP contribution in [0.3, 0.4) is 0 Å². The van der Waals surface area contributed by atoms with Gasteiger partial charge in [0.25, 0.3) is 0 Å². The van der Waals surface area contributed by atoms with Crippen molar-refractivity contribution in [1.29, 1.82) is 0 Å². The van der Waals surface area contributed by atoms with Crippen molar-refractivity contribution in [2.24, 2.45) is 0 Å². The molecule has 0 bridgehead atoms. The molecule has 0 aliphatic heterocycles. The van der Waals surface area contributed by atoms with Gasteiger partial charge in [0, 0.05) is 41.8 Å². The highest BCUT2D eigenvalue weighted by Gasteiger charge is 2.13. The molecular formula is C19H23Cl3N2O3. The van der Waals surface area contributed by atoms with Crippen molar-refractivity contribution in [2.45, 2.75) is 13.2 Å². The lowest BCUT2D eigenvalue weighted by molar-refractivity contribution is 0.284. The summed E-state index contributed by atoms with van der Waals surface area (Å²) < 4.78 is 11.3. The molecule has 0 saturated carbocycles. The highest BCUT2D eigenvalue weighted by molar-refractivity contribution is 6.35. The Labute approximate surface area is 174 Å². The van der Waals surface area contributed by atoms with E-state index in [0.29, 0.717) is 39.7 Å². The molecule has 0 saturated heterocycles. The van der Waals surface area contributed by atoms with Crippen LogP contribution < -0.4 is 20.1 Å². The van der Waals surface area contributed by atoms with Gasteiger partial charge < -0.3 is 25.2 Å². The SMILES string of the molecule is COc1cc(CNCCNCCO)cc(Cl)c1OCc1ccc(Cl)cc1Cl. The lowest BCUT2D eigenvalue weighted by Gasteiger charge is -2.15. The summed E-state index contributed by atoms with van der Waals surface area (Å²) in [6.45, 7) is 3.16. The van der Waals surface area contributed by atoms with Gasteiger partial charge in [-0.15, -0.1) is 0 Å². The Morgan fingerprint density at radius 2 is 1.74 bits per heavy atom. The molecule has 0 aliphatic carbocycles. The predicted molar refractivity (Wildman–Crippen MR) is 110 cm³/mol. The fourth-order valence-electron chi connectivity index (χ4n) is 2.42. The minimum Gasteiger partial charge on any atom is -0.493 e. The second-order valence-electron chi connectivity index (χ2n) is 5.78. The standard InChI is InChI=1S/C19H23Cl3N2O3/c1-26-18-9-13(11-24-5-4-23-6-7-25)8-17(22)19(18)27-12-14-2-3-15(20)10-16(14)21/h2-3,8-10,23-25H,4-7,11-12H2,1H3. The van der Waals surface area contributed by atoms with Gasteiger partial charge in [0.15, 0.2) is 11.5 Å². The molecular weight excluding hydrogens is 411 g/mol. The summed E-state index contributed by atoms with van der Waals surface area (Å²) in [6.07, 6.45) is 0. The maximum absolute atomic E-state index is 8.72. The van der Waals surface area contributed by atoms with Gasteiger partial charge in [-0.25, -0.2) is 0 Å². The van der Waals surface area contributed by atoms with Crippen molar-refractivity contribution < 1.29 is 14.6 Å². The van der Waals surface area contributed by atoms with Crippen LogP contribution in [0.4, 0.5) is 0 Å². The van der Waals surface area contributed by atoms with Crippen molar-refractivity contribution in [3.05, 3.63) is 56.5 Å². The number of halogens is 3. The van der Waals surface area contributed by atoms with Crippen LogP contribution in [0.25, 0.3) is 0 Å². The van der Waals surface area contributed by atoms with Crippen LogP contribution in [0.5, 0.6) is 11.5 Å². The summed E-state index contributed by atoms with van der Waals surface area (Å²) in [4.78, 5) is 0. The Balaban J connectivity index is 1.98. The van der Waals surface area contributed by atoms with Gasteiger partial charge in [-0.2, -0.15) is 0 Å². The average Bonchev–Trinajstić information content (AvgIpc) is 2.64. The Morgan fingerprint density at radius 1 is 0.963 bits per heavy atom. The Hall–Kier alpha value is -1.21. The summed E-state index contributed by atoms with van der Waals surface area (Å²) in [7, 11) is 1.57. The third-order valence-corrected chi connectivity index (χ3v) is 4.64. The third kappa shape index (κ3) is 7.03. The zero-order valence-corrected chi connectivity index (χ0v) is 17.3. The van der Waals surface area contributed by atoms with Crippen LogP contribution in [0.2, 0.25) is 15.1 Å². The Kier molecular flexibility index (Phi) is 9.48. The molecule has 8 heteroatoms. The Morgan fingerprint density at radius 3 is 2.44 bits per heavy atom.